The molecule has 1 unspecified atom stereocenters. The molecule has 22 heavy (non-hydrogen) atoms. The van der Waals surface area contributed by atoms with Crippen LogP contribution in [0, 0.1) is 0 Å². The van der Waals surface area contributed by atoms with Crippen molar-refractivity contribution in [3.8, 4) is 0 Å². The van der Waals surface area contributed by atoms with Crippen LogP contribution in [0.15, 0.2) is 33.6 Å². The summed E-state index contributed by atoms with van der Waals surface area (Å²) in [6.45, 7) is 5.71. The molecule has 1 aromatic rings. The summed E-state index contributed by atoms with van der Waals surface area (Å²) in [6.07, 6.45) is 2.16. The first kappa shape index (κ1) is 19.9. The monoisotopic (exact) mass is 410 g/mol. The van der Waals surface area contributed by atoms with Gasteiger partial charge in [0.2, 0.25) is 0 Å². The van der Waals surface area contributed by atoms with E-state index in [1.54, 1.807) is 24.3 Å². The third-order valence-corrected chi connectivity index (χ3v) is 6.12. The van der Waals surface area contributed by atoms with Crippen LogP contribution >= 0.6 is 28.3 Å². The molecule has 1 heterocycles. The Labute approximate surface area is 148 Å². The number of rotatable bonds is 7. The molecule has 1 atom stereocenters. The Morgan fingerprint density at radius 1 is 1.27 bits per heavy atom. The first-order valence-electron chi connectivity index (χ1n) is 7.46. The molecule has 1 aliphatic rings. The van der Waals surface area contributed by atoms with Gasteiger partial charge in [0.15, 0.2) is 9.84 Å². The molecule has 0 bridgehead atoms. The van der Waals surface area contributed by atoms with Gasteiger partial charge in [-0.1, -0.05) is 22.9 Å². The zero-order chi connectivity index (χ0) is 15.3. The lowest BCUT2D eigenvalue weighted by molar-refractivity contribution is 0.220. The molecule has 7 heteroatoms. The number of nitrogens with zero attached hydrogens (tertiary/aromatic N) is 1. The number of hydrogen-bond acceptors (Lipinski definition) is 4. The van der Waals surface area contributed by atoms with Crippen molar-refractivity contribution in [2.45, 2.75) is 30.7 Å². The summed E-state index contributed by atoms with van der Waals surface area (Å²) in [4.78, 5) is 2.72. The van der Waals surface area contributed by atoms with Crippen molar-refractivity contribution in [1.29, 1.82) is 0 Å². The lowest BCUT2D eigenvalue weighted by atomic mass is 10.2. The van der Waals surface area contributed by atoms with Gasteiger partial charge in [-0.15, -0.1) is 12.4 Å². The van der Waals surface area contributed by atoms with Gasteiger partial charge in [-0.3, -0.25) is 4.90 Å². The van der Waals surface area contributed by atoms with Crippen LogP contribution in [0.25, 0.3) is 0 Å². The van der Waals surface area contributed by atoms with Gasteiger partial charge in [-0.25, -0.2) is 8.42 Å². The van der Waals surface area contributed by atoms with E-state index in [-0.39, 0.29) is 18.2 Å². The fourth-order valence-electron chi connectivity index (χ4n) is 2.71. The lowest BCUT2D eigenvalue weighted by Crippen LogP contribution is -2.40. The zero-order valence-corrected chi connectivity index (χ0v) is 16.0. The third kappa shape index (κ3) is 5.49. The van der Waals surface area contributed by atoms with Gasteiger partial charge in [-0.05, 0) is 50.2 Å². The van der Waals surface area contributed by atoms with E-state index in [1.165, 1.54) is 0 Å². The van der Waals surface area contributed by atoms with Gasteiger partial charge < -0.3 is 5.32 Å². The van der Waals surface area contributed by atoms with Crippen molar-refractivity contribution in [2.24, 2.45) is 0 Å². The molecule has 0 aliphatic carbocycles. The standard InChI is InChI=1S/C15H23BrN2O2S.ClH/c1-2-9-18(14-7-8-17-12-14)10-11-21(19,20)15-5-3-13(16)4-6-15;/h3-6,14,17H,2,7-12H2,1H3;1H. The topological polar surface area (TPSA) is 49.4 Å². The highest BCUT2D eigenvalue weighted by Crippen LogP contribution is 2.17. The number of benzene rings is 1. The van der Waals surface area contributed by atoms with Crippen LogP contribution in [0.5, 0.6) is 0 Å². The van der Waals surface area contributed by atoms with Crippen LogP contribution in [0.2, 0.25) is 0 Å². The highest BCUT2D eigenvalue weighted by Gasteiger charge is 2.23. The minimum atomic E-state index is -3.20. The average Bonchev–Trinajstić information content (AvgIpc) is 2.98. The van der Waals surface area contributed by atoms with E-state index in [9.17, 15) is 8.42 Å². The van der Waals surface area contributed by atoms with Gasteiger partial charge >= 0.3 is 0 Å². The Balaban J connectivity index is 0.00000242. The molecule has 2 rings (SSSR count). The molecular formula is C15H24BrClN2O2S. The molecule has 1 aliphatic heterocycles. The van der Waals surface area contributed by atoms with E-state index in [4.69, 9.17) is 0 Å². The largest absolute Gasteiger partial charge is 0.315 e. The van der Waals surface area contributed by atoms with E-state index in [0.717, 1.165) is 36.9 Å². The van der Waals surface area contributed by atoms with E-state index < -0.39 is 9.84 Å². The molecule has 0 spiro atoms. The van der Waals surface area contributed by atoms with E-state index in [2.05, 4.69) is 33.1 Å². The summed E-state index contributed by atoms with van der Waals surface area (Å²) in [5.41, 5.74) is 0. The van der Waals surface area contributed by atoms with Crippen molar-refractivity contribution in [2.75, 3.05) is 31.9 Å². The second-order valence-electron chi connectivity index (χ2n) is 5.46. The summed E-state index contributed by atoms with van der Waals surface area (Å²) in [5.74, 6) is 0.186. The molecule has 1 saturated heterocycles. The molecule has 1 N–H and O–H groups in total. The second-order valence-corrected chi connectivity index (χ2v) is 8.48. The fourth-order valence-corrected chi connectivity index (χ4v) is 4.24. The van der Waals surface area contributed by atoms with Crippen LogP contribution in [0.1, 0.15) is 19.8 Å². The van der Waals surface area contributed by atoms with Gasteiger partial charge in [-0.2, -0.15) is 0 Å². The highest BCUT2D eigenvalue weighted by atomic mass is 79.9. The molecule has 126 valence electrons. The Hall–Kier alpha value is -0.140. The zero-order valence-electron chi connectivity index (χ0n) is 12.8. The molecule has 0 radical (unpaired) electrons. The Morgan fingerprint density at radius 2 is 1.95 bits per heavy atom. The summed E-state index contributed by atoms with van der Waals surface area (Å²) < 4.78 is 25.7. The van der Waals surface area contributed by atoms with Crippen LogP contribution < -0.4 is 5.32 Å². The Bertz CT molecular complexity index is 545. The molecule has 0 aromatic heterocycles. The lowest BCUT2D eigenvalue weighted by Gasteiger charge is -2.27. The predicted molar refractivity (Wildman–Crippen MR) is 96.6 cm³/mol. The van der Waals surface area contributed by atoms with E-state index in [0.29, 0.717) is 17.5 Å². The minimum absolute atomic E-state index is 0. The summed E-state index contributed by atoms with van der Waals surface area (Å²) in [6, 6.07) is 7.36. The number of hydrogen-bond donors (Lipinski definition) is 1. The van der Waals surface area contributed by atoms with Gasteiger partial charge in [0.25, 0.3) is 0 Å². The molecule has 1 fully saturated rings. The van der Waals surface area contributed by atoms with Gasteiger partial charge in [0.1, 0.15) is 0 Å². The summed E-state index contributed by atoms with van der Waals surface area (Å²) in [5, 5.41) is 3.35. The maximum absolute atomic E-state index is 12.4. The molecule has 1 aromatic carbocycles. The second kappa shape index (κ2) is 9.23. The molecule has 0 saturated carbocycles. The van der Waals surface area contributed by atoms with Crippen molar-refractivity contribution >= 4 is 38.2 Å². The van der Waals surface area contributed by atoms with Crippen molar-refractivity contribution in [3.63, 3.8) is 0 Å². The van der Waals surface area contributed by atoms with E-state index in [1.807, 2.05) is 0 Å². The van der Waals surface area contributed by atoms with Gasteiger partial charge in [0.05, 0.1) is 10.6 Å². The van der Waals surface area contributed by atoms with Crippen molar-refractivity contribution in [3.05, 3.63) is 28.7 Å². The quantitative estimate of drug-likeness (QED) is 0.749. The van der Waals surface area contributed by atoms with Crippen molar-refractivity contribution < 1.29 is 8.42 Å². The average molecular weight is 412 g/mol. The number of sulfone groups is 1. The molecular weight excluding hydrogens is 388 g/mol. The molecule has 4 nitrogen and oxygen atoms in total. The normalized spacial score (nSPS) is 18.4. The SMILES string of the molecule is CCCN(CCS(=O)(=O)c1ccc(Br)cc1)C1CCNC1.Cl. The number of halogens is 2. The maximum Gasteiger partial charge on any atom is 0.179 e. The number of nitrogens with one attached hydrogen (secondary N) is 1. The summed E-state index contributed by atoms with van der Waals surface area (Å²) >= 11 is 3.33. The Morgan fingerprint density at radius 3 is 2.50 bits per heavy atom. The van der Waals surface area contributed by atoms with Gasteiger partial charge in [0, 0.05) is 23.6 Å². The van der Waals surface area contributed by atoms with Crippen LogP contribution in [0.3, 0.4) is 0 Å². The first-order valence-corrected chi connectivity index (χ1v) is 9.90. The Kier molecular flexibility index (Phi) is 8.35. The third-order valence-electron chi connectivity index (χ3n) is 3.88. The predicted octanol–water partition coefficient (Wildman–Crippen LogP) is 2.72. The smallest absolute Gasteiger partial charge is 0.179 e. The highest BCUT2D eigenvalue weighted by molar-refractivity contribution is 9.10. The summed E-state index contributed by atoms with van der Waals surface area (Å²) in [7, 11) is -3.20. The minimum Gasteiger partial charge on any atom is -0.315 e. The first-order chi connectivity index (χ1) is 10.0. The van der Waals surface area contributed by atoms with E-state index >= 15 is 0 Å². The van der Waals surface area contributed by atoms with Crippen LogP contribution in [0.4, 0.5) is 0 Å². The van der Waals surface area contributed by atoms with Crippen LogP contribution in [-0.2, 0) is 9.84 Å². The molecule has 0 amide bonds. The van der Waals surface area contributed by atoms with Crippen LogP contribution in [-0.4, -0.2) is 51.3 Å². The van der Waals surface area contributed by atoms with Crippen molar-refractivity contribution in [1.82, 2.24) is 10.2 Å². The maximum atomic E-state index is 12.4. The fraction of sp³-hybridized carbons (Fsp3) is 0.600.